The SMILES string of the molecule is CCOCC(=O)N(Cc1ccc(Cl)cc1Cl)C1CC(C(=O)NCCO)=CC(Oc2c(I)cc(C=O)cc2OC)C1O. The molecule has 0 aliphatic heterocycles. The Morgan fingerprint density at radius 1 is 1.24 bits per heavy atom. The molecule has 2 aromatic carbocycles. The highest BCUT2D eigenvalue weighted by Crippen LogP contribution is 2.37. The van der Waals surface area contributed by atoms with Gasteiger partial charge in [0.2, 0.25) is 11.8 Å². The Morgan fingerprint density at radius 3 is 2.63 bits per heavy atom. The van der Waals surface area contributed by atoms with Crippen LogP contribution >= 0.6 is 45.8 Å². The summed E-state index contributed by atoms with van der Waals surface area (Å²) in [6.07, 6.45) is -0.256. The van der Waals surface area contributed by atoms with Gasteiger partial charge in [0, 0.05) is 47.3 Å². The van der Waals surface area contributed by atoms with E-state index in [1.807, 2.05) is 22.6 Å². The number of nitrogens with zero attached hydrogens (tertiary/aromatic N) is 1. The van der Waals surface area contributed by atoms with Crippen molar-refractivity contribution in [3.63, 3.8) is 0 Å². The third-order valence-corrected chi connectivity index (χ3v) is 7.75. The van der Waals surface area contributed by atoms with Crippen molar-refractivity contribution in [2.75, 3.05) is 33.5 Å². The van der Waals surface area contributed by atoms with Gasteiger partial charge in [0.1, 0.15) is 25.1 Å². The van der Waals surface area contributed by atoms with Gasteiger partial charge in [-0.1, -0.05) is 29.3 Å². The van der Waals surface area contributed by atoms with Crippen molar-refractivity contribution >= 4 is 63.9 Å². The van der Waals surface area contributed by atoms with Crippen molar-refractivity contribution in [1.29, 1.82) is 0 Å². The zero-order chi connectivity index (χ0) is 30.1. The molecule has 2 aromatic rings. The molecule has 3 rings (SSSR count). The lowest BCUT2D eigenvalue weighted by Gasteiger charge is -2.40. The summed E-state index contributed by atoms with van der Waals surface area (Å²) in [7, 11) is 1.42. The van der Waals surface area contributed by atoms with Crippen LogP contribution in [0, 0.1) is 3.57 Å². The number of aliphatic hydroxyl groups excluding tert-OH is 2. The molecule has 3 unspecified atom stereocenters. The molecule has 0 bridgehead atoms. The first kappa shape index (κ1) is 33.1. The fraction of sp³-hybridized carbons (Fsp3) is 0.393. The molecule has 0 saturated heterocycles. The third-order valence-electron chi connectivity index (χ3n) is 6.36. The van der Waals surface area contributed by atoms with E-state index in [1.54, 1.807) is 31.2 Å². The maximum atomic E-state index is 13.4. The highest BCUT2D eigenvalue weighted by atomic mass is 127. The second kappa shape index (κ2) is 15.7. The Hall–Kier alpha value is -2.42. The topological polar surface area (TPSA) is 135 Å². The Balaban J connectivity index is 2.06. The van der Waals surface area contributed by atoms with E-state index in [4.69, 9.17) is 37.4 Å². The number of benzene rings is 2. The predicted octanol–water partition coefficient (Wildman–Crippen LogP) is 3.40. The van der Waals surface area contributed by atoms with E-state index >= 15 is 0 Å². The van der Waals surface area contributed by atoms with Crippen LogP contribution < -0.4 is 14.8 Å². The molecule has 3 N–H and O–H groups in total. The van der Waals surface area contributed by atoms with Crippen LogP contribution in [0.2, 0.25) is 10.0 Å². The van der Waals surface area contributed by atoms with E-state index < -0.39 is 30.1 Å². The molecule has 0 fully saturated rings. The number of hydrogen-bond donors (Lipinski definition) is 3. The van der Waals surface area contributed by atoms with Crippen LogP contribution in [0.3, 0.4) is 0 Å². The molecule has 0 spiro atoms. The van der Waals surface area contributed by atoms with E-state index in [0.29, 0.717) is 37.6 Å². The summed E-state index contributed by atoms with van der Waals surface area (Å²) in [5.41, 5.74) is 1.19. The Morgan fingerprint density at radius 2 is 2.00 bits per heavy atom. The zero-order valence-corrected chi connectivity index (χ0v) is 26.1. The van der Waals surface area contributed by atoms with Crippen LogP contribution in [0.5, 0.6) is 11.5 Å². The van der Waals surface area contributed by atoms with E-state index in [1.165, 1.54) is 24.2 Å². The number of rotatable bonds is 13. The smallest absolute Gasteiger partial charge is 0.249 e. The first-order valence-electron chi connectivity index (χ1n) is 12.7. The van der Waals surface area contributed by atoms with Crippen LogP contribution in [0.25, 0.3) is 0 Å². The van der Waals surface area contributed by atoms with Crippen molar-refractivity contribution in [3.8, 4) is 11.5 Å². The van der Waals surface area contributed by atoms with Gasteiger partial charge >= 0.3 is 0 Å². The minimum atomic E-state index is -1.30. The minimum Gasteiger partial charge on any atom is -0.493 e. The maximum absolute atomic E-state index is 13.4. The Bertz CT molecular complexity index is 1290. The molecule has 13 heteroatoms. The van der Waals surface area contributed by atoms with Gasteiger partial charge in [0.15, 0.2) is 11.5 Å². The van der Waals surface area contributed by atoms with Crippen LogP contribution in [0.1, 0.15) is 29.3 Å². The summed E-state index contributed by atoms with van der Waals surface area (Å²) in [6, 6.07) is 7.03. The normalized spacial score (nSPS) is 18.3. The fourth-order valence-electron chi connectivity index (χ4n) is 4.33. The third kappa shape index (κ3) is 8.55. The van der Waals surface area contributed by atoms with Crippen molar-refractivity contribution in [2.45, 2.75) is 38.1 Å². The number of aldehydes is 1. The molecule has 0 saturated carbocycles. The number of carbonyl (C=O) groups is 3. The summed E-state index contributed by atoms with van der Waals surface area (Å²) >= 11 is 14.5. The quantitative estimate of drug-likeness (QED) is 0.212. The number of amides is 2. The van der Waals surface area contributed by atoms with Crippen molar-refractivity contribution in [1.82, 2.24) is 10.2 Å². The van der Waals surface area contributed by atoms with Crippen molar-refractivity contribution < 1.29 is 38.8 Å². The van der Waals surface area contributed by atoms with Gasteiger partial charge in [0.25, 0.3) is 0 Å². The van der Waals surface area contributed by atoms with Gasteiger partial charge in [-0.25, -0.2) is 0 Å². The molecule has 0 heterocycles. The summed E-state index contributed by atoms with van der Waals surface area (Å²) < 4.78 is 17.6. The fourth-order valence-corrected chi connectivity index (χ4v) is 5.55. The lowest BCUT2D eigenvalue weighted by atomic mass is 9.87. The Kier molecular flexibility index (Phi) is 12.7. The lowest BCUT2D eigenvalue weighted by Crippen LogP contribution is -2.55. The van der Waals surface area contributed by atoms with Gasteiger partial charge < -0.3 is 34.6 Å². The number of hydrogen-bond acceptors (Lipinski definition) is 8. The molecule has 222 valence electrons. The first-order chi connectivity index (χ1) is 19.6. The molecule has 3 atom stereocenters. The first-order valence-corrected chi connectivity index (χ1v) is 14.5. The molecule has 1 aliphatic carbocycles. The van der Waals surface area contributed by atoms with Crippen molar-refractivity contribution in [3.05, 3.63) is 66.7 Å². The highest BCUT2D eigenvalue weighted by Gasteiger charge is 2.41. The maximum Gasteiger partial charge on any atom is 0.249 e. The number of carbonyl (C=O) groups excluding carboxylic acids is 3. The average Bonchev–Trinajstić information content (AvgIpc) is 2.96. The van der Waals surface area contributed by atoms with Gasteiger partial charge in [-0.3, -0.25) is 14.4 Å². The van der Waals surface area contributed by atoms with Crippen molar-refractivity contribution in [2.24, 2.45) is 0 Å². The van der Waals surface area contributed by atoms with E-state index in [9.17, 15) is 24.6 Å². The monoisotopic (exact) mass is 720 g/mol. The highest BCUT2D eigenvalue weighted by molar-refractivity contribution is 14.1. The summed E-state index contributed by atoms with van der Waals surface area (Å²) in [5.74, 6) is -0.405. The van der Waals surface area contributed by atoms with Gasteiger partial charge in [-0.15, -0.1) is 0 Å². The van der Waals surface area contributed by atoms with Gasteiger partial charge in [-0.2, -0.15) is 0 Å². The average molecular weight is 721 g/mol. The van der Waals surface area contributed by atoms with Gasteiger partial charge in [-0.05, 0) is 65.4 Å². The van der Waals surface area contributed by atoms with Crippen LogP contribution in [0.15, 0.2) is 42.0 Å². The number of nitrogens with one attached hydrogen (secondary N) is 1. The second-order valence-corrected chi connectivity index (χ2v) is 11.1. The molecular weight excluding hydrogens is 690 g/mol. The van der Waals surface area contributed by atoms with E-state index in [2.05, 4.69) is 5.32 Å². The molecule has 0 radical (unpaired) electrons. The molecular formula is C28H31Cl2IN2O8. The summed E-state index contributed by atoms with van der Waals surface area (Å²) in [6.45, 7) is 1.54. The summed E-state index contributed by atoms with van der Waals surface area (Å²) in [4.78, 5) is 39.2. The van der Waals surface area contributed by atoms with Gasteiger partial charge in [0.05, 0.1) is 23.3 Å². The molecule has 41 heavy (non-hydrogen) atoms. The number of methoxy groups -OCH3 is 1. The number of ether oxygens (including phenoxy) is 3. The molecule has 0 aromatic heterocycles. The van der Waals surface area contributed by atoms with E-state index in [0.717, 1.165) is 0 Å². The minimum absolute atomic E-state index is 0.00319. The second-order valence-electron chi connectivity index (χ2n) is 9.06. The van der Waals surface area contributed by atoms with Crippen LogP contribution in [-0.2, 0) is 20.9 Å². The number of aliphatic hydroxyl groups is 2. The largest absolute Gasteiger partial charge is 0.493 e. The number of halogens is 3. The lowest BCUT2D eigenvalue weighted by molar-refractivity contribution is -0.144. The zero-order valence-electron chi connectivity index (χ0n) is 22.4. The molecule has 2 amide bonds. The Labute approximate surface area is 261 Å². The summed E-state index contributed by atoms with van der Waals surface area (Å²) in [5, 5.41) is 24.2. The molecule has 10 nitrogen and oxygen atoms in total. The standard InChI is InChI=1S/C28H31Cl2IN2O8/c1-3-40-15-25(36)33(13-17-4-5-19(29)12-20(17)30)22-10-18(28(38)32-6-7-34)11-23(26(22)37)41-27-21(31)8-16(14-35)9-24(27)39-2/h4-5,8-9,11-12,14,22-23,26,34,37H,3,6-7,10,13,15H2,1-2H3,(H,32,38). The predicted molar refractivity (Wildman–Crippen MR) is 162 cm³/mol. The van der Waals surface area contributed by atoms with Crippen LogP contribution in [0.4, 0.5) is 0 Å². The molecule has 1 aliphatic rings. The van der Waals surface area contributed by atoms with Crippen LogP contribution in [-0.4, -0.2) is 84.9 Å². The van der Waals surface area contributed by atoms with E-state index in [-0.39, 0.29) is 49.8 Å².